The molecule has 1 aromatic rings. The van der Waals surface area contributed by atoms with Gasteiger partial charge in [0.05, 0.1) is 0 Å². The van der Waals surface area contributed by atoms with Crippen LogP contribution in [0.15, 0.2) is 36.4 Å². The summed E-state index contributed by atoms with van der Waals surface area (Å²) in [5.74, 6) is 3.52. The molecule has 0 saturated heterocycles. The molecule has 0 amide bonds. The van der Waals surface area contributed by atoms with E-state index in [0.717, 1.165) is 17.8 Å². The summed E-state index contributed by atoms with van der Waals surface area (Å²) in [4.78, 5) is 0. The summed E-state index contributed by atoms with van der Waals surface area (Å²) in [7, 11) is 0. The van der Waals surface area contributed by atoms with E-state index in [1.807, 2.05) is 12.1 Å². The van der Waals surface area contributed by atoms with Crippen LogP contribution in [-0.2, 0) is 0 Å². The highest BCUT2D eigenvalue weighted by molar-refractivity contribution is 5.30. The SMILES string of the molecule is CC=CCCC1CCC2CC(c3ccc(OC(F)F)cc3)CCC2C1. The first kappa shape index (κ1) is 18.4. The summed E-state index contributed by atoms with van der Waals surface area (Å²) in [6.07, 6.45) is 15.0. The molecule has 0 spiro atoms. The molecule has 25 heavy (non-hydrogen) atoms. The number of allylic oxidation sites excluding steroid dienone is 2. The van der Waals surface area contributed by atoms with Crippen molar-refractivity contribution in [2.45, 2.75) is 70.8 Å². The summed E-state index contributed by atoms with van der Waals surface area (Å²) in [6, 6.07) is 7.33. The predicted octanol–water partition coefficient (Wildman–Crippen LogP) is 6.94. The summed E-state index contributed by atoms with van der Waals surface area (Å²) >= 11 is 0. The highest BCUT2D eigenvalue weighted by Crippen LogP contribution is 2.48. The molecule has 0 N–H and O–H groups in total. The molecule has 4 atom stereocenters. The fraction of sp³-hybridized carbons (Fsp3) is 0.636. The Balaban J connectivity index is 1.52. The van der Waals surface area contributed by atoms with Gasteiger partial charge >= 0.3 is 6.61 Å². The van der Waals surface area contributed by atoms with E-state index in [0.29, 0.717) is 5.92 Å². The van der Waals surface area contributed by atoms with Crippen LogP contribution in [0.5, 0.6) is 5.75 Å². The van der Waals surface area contributed by atoms with Gasteiger partial charge in [0.1, 0.15) is 5.75 Å². The first-order valence-corrected chi connectivity index (χ1v) is 9.81. The lowest BCUT2D eigenvalue weighted by atomic mass is 9.63. The Hall–Kier alpha value is -1.38. The van der Waals surface area contributed by atoms with Crippen LogP contribution in [0, 0.1) is 17.8 Å². The number of halogens is 2. The van der Waals surface area contributed by atoms with Crippen molar-refractivity contribution in [2.75, 3.05) is 0 Å². The van der Waals surface area contributed by atoms with E-state index in [2.05, 4.69) is 23.8 Å². The Bertz CT molecular complexity index is 552. The van der Waals surface area contributed by atoms with E-state index in [4.69, 9.17) is 0 Å². The van der Waals surface area contributed by atoms with Gasteiger partial charge in [-0.1, -0.05) is 30.7 Å². The normalized spacial score (nSPS) is 29.8. The van der Waals surface area contributed by atoms with Crippen molar-refractivity contribution in [1.82, 2.24) is 0 Å². The lowest BCUT2D eigenvalue weighted by molar-refractivity contribution is -0.0498. The topological polar surface area (TPSA) is 9.23 Å². The van der Waals surface area contributed by atoms with E-state index in [1.54, 1.807) is 12.1 Å². The molecule has 0 radical (unpaired) electrons. The largest absolute Gasteiger partial charge is 0.435 e. The molecule has 1 nitrogen and oxygen atoms in total. The van der Waals surface area contributed by atoms with Crippen LogP contribution in [-0.4, -0.2) is 6.61 Å². The monoisotopic (exact) mass is 348 g/mol. The maximum Gasteiger partial charge on any atom is 0.387 e. The van der Waals surface area contributed by atoms with Gasteiger partial charge in [-0.15, -0.1) is 0 Å². The van der Waals surface area contributed by atoms with Crippen molar-refractivity contribution < 1.29 is 13.5 Å². The van der Waals surface area contributed by atoms with Crippen LogP contribution < -0.4 is 4.74 Å². The van der Waals surface area contributed by atoms with Crippen molar-refractivity contribution >= 4 is 0 Å². The second-order valence-electron chi connectivity index (χ2n) is 7.80. The first-order chi connectivity index (χ1) is 12.2. The number of rotatable bonds is 6. The average molecular weight is 348 g/mol. The van der Waals surface area contributed by atoms with Gasteiger partial charge in [-0.2, -0.15) is 8.78 Å². The van der Waals surface area contributed by atoms with Gasteiger partial charge in [-0.3, -0.25) is 0 Å². The molecule has 2 saturated carbocycles. The van der Waals surface area contributed by atoms with Gasteiger partial charge in [0, 0.05) is 0 Å². The van der Waals surface area contributed by atoms with Gasteiger partial charge in [0.2, 0.25) is 0 Å². The highest BCUT2D eigenvalue weighted by atomic mass is 19.3. The third-order valence-electron chi connectivity index (χ3n) is 6.28. The van der Waals surface area contributed by atoms with Gasteiger partial charge in [-0.05, 0) is 93.2 Å². The van der Waals surface area contributed by atoms with Crippen LogP contribution in [0.2, 0.25) is 0 Å². The van der Waals surface area contributed by atoms with Crippen LogP contribution in [0.1, 0.15) is 69.8 Å². The highest BCUT2D eigenvalue weighted by Gasteiger charge is 2.35. The van der Waals surface area contributed by atoms with E-state index < -0.39 is 6.61 Å². The van der Waals surface area contributed by atoms with E-state index in [9.17, 15) is 8.78 Å². The molecule has 0 bridgehead atoms. The summed E-state index contributed by atoms with van der Waals surface area (Å²) in [5.41, 5.74) is 1.29. The van der Waals surface area contributed by atoms with Gasteiger partial charge in [-0.25, -0.2) is 0 Å². The van der Waals surface area contributed by atoms with Gasteiger partial charge in [0.15, 0.2) is 0 Å². The third-order valence-corrected chi connectivity index (χ3v) is 6.28. The molecule has 3 rings (SSSR count). The van der Waals surface area contributed by atoms with E-state index >= 15 is 0 Å². The lowest BCUT2D eigenvalue weighted by Crippen LogP contribution is -2.30. The minimum absolute atomic E-state index is 0.258. The van der Waals surface area contributed by atoms with Crippen LogP contribution in [0.3, 0.4) is 0 Å². The molecular formula is C22H30F2O. The Morgan fingerprint density at radius 1 is 1.04 bits per heavy atom. The van der Waals surface area contributed by atoms with E-state index in [-0.39, 0.29) is 5.75 Å². The van der Waals surface area contributed by atoms with Crippen molar-refractivity contribution in [3.8, 4) is 5.75 Å². The number of hydrogen-bond donors (Lipinski definition) is 0. The number of hydrogen-bond acceptors (Lipinski definition) is 1. The van der Waals surface area contributed by atoms with Gasteiger partial charge < -0.3 is 4.74 Å². The quantitative estimate of drug-likeness (QED) is 0.506. The van der Waals surface area contributed by atoms with Crippen molar-refractivity contribution in [1.29, 1.82) is 0 Å². The van der Waals surface area contributed by atoms with Gasteiger partial charge in [0.25, 0.3) is 0 Å². The molecule has 2 aliphatic rings. The Kier molecular flexibility index (Phi) is 6.50. The minimum atomic E-state index is -2.75. The molecule has 1 aromatic carbocycles. The first-order valence-electron chi connectivity index (χ1n) is 9.81. The molecule has 0 aliphatic heterocycles. The van der Waals surface area contributed by atoms with Crippen LogP contribution >= 0.6 is 0 Å². The number of ether oxygens (including phenoxy) is 1. The smallest absolute Gasteiger partial charge is 0.387 e. The molecule has 2 aliphatic carbocycles. The Morgan fingerprint density at radius 3 is 2.48 bits per heavy atom. The summed E-state index contributed by atoms with van der Waals surface area (Å²) < 4.78 is 29.0. The summed E-state index contributed by atoms with van der Waals surface area (Å²) in [5, 5.41) is 0. The number of benzene rings is 1. The fourth-order valence-corrected chi connectivity index (χ4v) is 4.97. The van der Waals surface area contributed by atoms with Crippen molar-refractivity contribution in [3.63, 3.8) is 0 Å². The molecular weight excluding hydrogens is 318 g/mol. The average Bonchev–Trinajstić information content (AvgIpc) is 2.62. The summed E-state index contributed by atoms with van der Waals surface area (Å²) in [6.45, 7) is -0.645. The molecule has 138 valence electrons. The lowest BCUT2D eigenvalue weighted by Gasteiger charge is -2.42. The zero-order valence-corrected chi connectivity index (χ0v) is 15.2. The molecule has 0 aromatic heterocycles. The second-order valence-corrected chi connectivity index (χ2v) is 7.80. The zero-order chi connectivity index (χ0) is 17.6. The minimum Gasteiger partial charge on any atom is -0.435 e. The Labute approximate surface area is 150 Å². The molecule has 0 heterocycles. The third kappa shape index (κ3) is 5.05. The second kappa shape index (κ2) is 8.82. The zero-order valence-electron chi connectivity index (χ0n) is 15.2. The maximum atomic E-state index is 12.3. The fourth-order valence-electron chi connectivity index (χ4n) is 4.97. The molecule has 2 fully saturated rings. The Morgan fingerprint density at radius 2 is 1.76 bits per heavy atom. The van der Waals surface area contributed by atoms with Crippen molar-refractivity contribution in [3.05, 3.63) is 42.0 Å². The number of alkyl halides is 2. The standard InChI is InChI=1S/C22H30F2O/c1-2-3-4-5-16-6-7-20-15-19(9-8-18(20)14-16)17-10-12-21(13-11-17)25-22(23)24/h2-3,10-13,16,18-20,22H,4-9,14-15H2,1H3. The number of fused-ring (bicyclic) bond motifs is 1. The van der Waals surface area contributed by atoms with Crippen LogP contribution in [0.4, 0.5) is 8.78 Å². The van der Waals surface area contributed by atoms with Crippen molar-refractivity contribution in [2.24, 2.45) is 17.8 Å². The molecule has 3 heteroatoms. The van der Waals surface area contributed by atoms with E-state index in [1.165, 1.54) is 56.9 Å². The van der Waals surface area contributed by atoms with Crippen LogP contribution in [0.25, 0.3) is 0 Å². The molecule has 4 unspecified atom stereocenters. The predicted molar refractivity (Wildman–Crippen MR) is 98.0 cm³/mol. The maximum absolute atomic E-state index is 12.3.